The first-order chi connectivity index (χ1) is 12.0. The maximum atomic E-state index is 6.43. The zero-order valence-corrected chi connectivity index (χ0v) is 19.0. The van der Waals surface area contributed by atoms with E-state index in [0.29, 0.717) is 12.5 Å². The maximum Gasteiger partial charge on any atom is 0.111 e. The molecule has 0 bridgehead atoms. The second-order valence-corrected chi connectivity index (χ2v) is 16.4. The van der Waals surface area contributed by atoms with Crippen LogP contribution in [0, 0.1) is 5.92 Å². The van der Waals surface area contributed by atoms with E-state index in [-0.39, 0.29) is 24.4 Å². The minimum absolute atomic E-state index is 0.0139. The van der Waals surface area contributed by atoms with Crippen LogP contribution in [0.1, 0.15) is 19.4 Å². The Morgan fingerprint density at radius 2 is 1.69 bits per heavy atom. The van der Waals surface area contributed by atoms with Gasteiger partial charge in [0.15, 0.2) is 0 Å². The van der Waals surface area contributed by atoms with Gasteiger partial charge in [-0.2, -0.15) is 0 Å². The van der Waals surface area contributed by atoms with Crippen molar-refractivity contribution in [3.05, 3.63) is 35.9 Å². The van der Waals surface area contributed by atoms with Crippen molar-refractivity contribution < 1.29 is 14.0 Å². The largest absolute Gasteiger partial charge is 0.370 e. The third-order valence-corrected chi connectivity index (χ3v) is 6.87. The van der Waals surface area contributed by atoms with Crippen molar-refractivity contribution in [1.29, 1.82) is 0 Å². The van der Waals surface area contributed by atoms with E-state index in [9.17, 15) is 0 Å². The smallest absolute Gasteiger partial charge is 0.111 e. The molecule has 2 rings (SSSR count). The first-order valence-corrected chi connectivity index (χ1v) is 15.2. The van der Waals surface area contributed by atoms with E-state index in [1.807, 2.05) is 18.2 Å². The normalized spacial score (nSPS) is 28.2. The van der Waals surface area contributed by atoms with Crippen molar-refractivity contribution in [3.8, 4) is 0 Å². The Morgan fingerprint density at radius 3 is 2.23 bits per heavy atom. The maximum absolute atomic E-state index is 6.43. The molecule has 1 aromatic rings. The molecule has 0 aromatic heterocycles. The number of ether oxygens (including phenoxy) is 2. The summed E-state index contributed by atoms with van der Waals surface area (Å²) in [5.74, 6) is 0.329. The highest BCUT2D eigenvalue weighted by Crippen LogP contribution is 2.47. The standard InChI is InChI=1S/C21H36O3P2/c1-16-17(2)23-21(20(16)24-26(6,7)8)19(15-25(3,4)5)22-14-18-12-10-9-11-13-18/h9-13,16-17,19-21H,3,6,14-15H2,1-2,4-5,7-8H3/t16-,17-,19+,20-,21+/m0/s1. The Morgan fingerprint density at radius 1 is 1.08 bits per heavy atom. The SMILES string of the molecule is C=P(C)(C)C[C@@H](OCc1ccccc1)[C@H]1O[C@@H](C)[C@H](C)[C@@H]1OP(=C)(C)C. The third-order valence-electron chi connectivity index (χ3n) is 4.71. The van der Waals surface area contributed by atoms with Crippen LogP contribution in [-0.4, -0.2) is 69.8 Å². The molecular formula is C21H36O3P2. The molecule has 5 heteroatoms. The summed E-state index contributed by atoms with van der Waals surface area (Å²) in [5, 5.41) is 0. The van der Waals surface area contributed by atoms with Crippen molar-refractivity contribution >= 4 is 26.6 Å². The van der Waals surface area contributed by atoms with Crippen molar-refractivity contribution in [2.75, 3.05) is 32.8 Å². The average molecular weight is 398 g/mol. The Labute approximate surface area is 160 Å². The van der Waals surface area contributed by atoms with E-state index >= 15 is 0 Å². The lowest BCUT2D eigenvalue weighted by molar-refractivity contribution is -0.0822. The van der Waals surface area contributed by atoms with Gasteiger partial charge in [-0.3, -0.25) is 0 Å². The zero-order chi connectivity index (χ0) is 19.5. The summed E-state index contributed by atoms with van der Waals surface area (Å²) in [6.45, 7) is 12.4. The van der Waals surface area contributed by atoms with Gasteiger partial charge in [-0.15, -0.1) is 13.2 Å². The van der Waals surface area contributed by atoms with Gasteiger partial charge in [0.25, 0.3) is 0 Å². The molecule has 148 valence electrons. The Hall–Kier alpha value is -0.300. The first-order valence-electron chi connectivity index (χ1n) is 9.31. The summed E-state index contributed by atoms with van der Waals surface area (Å²) in [5.41, 5.74) is 1.18. The van der Waals surface area contributed by atoms with E-state index in [1.165, 1.54) is 5.56 Å². The summed E-state index contributed by atoms with van der Waals surface area (Å²) in [4.78, 5) is 0. The molecular weight excluding hydrogens is 362 g/mol. The van der Waals surface area contributed by atoms with Crippen LogP contribution in [0.3, 0.4) is 0 Å². The number of hydrogen-bond donors (Lipinski definition) is 0. The fraction of sp³-hybridized carbons (Fsp3) is 0.619. The van der Waals surface area contributed by atoms with Crippen LogP contribution in [0.15, 0.2) is 30.3 Å². The third kappa shape index (κ3) is 6.70. The van der Waals surface area contributed by atoms with Gasteiger partial charge in [0.05, 0.1) is 24.9 Å². The quantitative estimate of drug-likeness (QED) is 0.594. The van der Waals surface area contributed by atoms with E-state index < -0.39 is 14.0 Å². The van der Waals surface area contributed by atoms with Crippen LogP contribution in [0.2, 0.25) is 0 Å². The van der Waals surface area contributed by atoms with Crippen molar-refractivity contribution in [2.45, 2.75) is 44.9 Å². The molecule has 0 radical (unpaired) electrons. The van der Waals surface area contributed by atoms with E-state index in [2.05, 4.69) is 65.2 Å². The molecule has 0 aliphatic carbocycles. The molecule has 0 spiro atoms. The zero-order valence-electron chi connectivity index (χ0n) is 17.2. The summed E-state index contributed by atoms with van der Waals surface area (Å²) in [6, 6.07) is 10.3. The average Bonchev–Trinajstić information content (AvgIpc) is 2.78. The predicted octanol–water partition coefficient (Wildman–Crippen LogP) is 4.71. The van der Waals surface area contributed by atoms with E-state index in [1.54, 1.807) is 0 Å². The second-order valence-electron chi connectivity index (χ2n) is 8.76. The van der Waals surface area contributed by atoms with E-state index in [0.717, 1.165) is 6.16 Å². The number of rotatable bonds is 8. The molecule has 1 saturated heterocycles. The van der Waals surface area contributed by atoms with Gasteiger partial charge in [-0.05, 0) is 52.4 Å². The summed E-state index contributed by atoms with van der Waals surface area (Å²) >= 11 is 0. The van der Waals surface area contributed by atoms with Crippen LogP contribution in [-0.2, 0) is 20.6 Å². The highest BCUT2D eigenvalue weighted by molar-refractivity contribution is 7.72. The molecule has 26 heavy (non-hydrogen) atoms. The monoisotopic (exact) mass is 398 g/mol. The first kappa shape index (κ1) is 22.0. The number of benzene rings is 1. The molecule has 1 aliphatic heterocycles. The Balaban J connectivity index is 2.21. The van der Waals surface area contributed by atoms with Crippen molar-refractivity contribution in [1.82, 2.24) is 0 Å². The summed E-state index contributed by atoms with van der Waals surface area (Å²) in [6.07, 6.45) is 9.68. The van der Waals surface area contributed by atoms with Gasteiger partial charge in [0, 0.05) is 5.92 Å². The predicted molar refractivity (Wildman–Crippen MR) is 120 cm³/mol. The van der Waals surface area contributed by atoms with Crippen LogP contribution in [0.5, 0.6) is 0 Å². The Kier molecular flexibility index (Phi) is 7.45. The number of hydrogen-bond acceptors (Lipinski definition) is 3. The molecule has 3 nitrogen and oxygen atoms in total. The van der Waals surface area contributed by atoms with Gasteiger partial charge >= 0.3 is 0 Å². The minimum atomic E-state index is -1.63. The molecule has 0 amide bonds. The molecule has 1 fully saturated rings. The molecule has 0 unspecified atom stereocenters. The van der Waals surface area contributed by atoms with Gasteiger partial charge in [0.2, 0.25) is 0 Å². The van der Waals surface area contributed by atoms with Crippen LogP contribution in [0.25, 0.3) is 0 Å². The lowest BCUT2D eigenvalue weighted by Gasteiger charge is -2.33. The van der Waals surface area contributed by atoms with Crippen LogP contribution >= 0.6 is 14.0 Å². The van der Waals surface area contributed by atoms with Crippen molar-refractivity contribution in [3.63, 3.8) is 0 Å². The lowest BCUT2D eigenvalue weighted by Crippen LogP contribution is -2.41. The van der Waals surface area contributed by atoms with Gasteiger partial charge in [-0.25, -0.2) is 0 Å². The summed E-state index contributed by atoms with van der Waals surface area (Å²) in [7, 11) is -1.63. The van der Waals surface area contributed by atoms with Crippen LogP contribution < -0.4 is 0 Å². The van der Waals surface area contributed by atoms with Crippen molar-refractivity contribution in [2.24, 2.45) is 5.92 Å². The molecule has 5 atom stereocenters. The second kappa shape index (κ2) is 8.80. The van der Waals surface area contributed by atoms with Gasteiger partial charge < -0.3 is 14.0 Å². The molecule has 1 heterocycles. The fourth-order valence-corrected chi connectivity index (χ4v) is 5.57. The lowest BCUT2D eigenvalue weighted by atomic mass is 9.97. The molecule has 1 aromatic carbocycles. The van der Waals surface area contributed by atoms with Gasteiger partial charge in [-0.1, -0.05) is 43.6 Å². The van der Waals surface area contributed by atoms with Gasteiger partial charge in [0.1, 0.15) is 6.10 Å². The fourth-order valence-electron chi connectivity index (χ4n) is 3.32. The highest BCUT2D eigenvalue weighted by atomic mass is 31.2. The minimum Gasteiger partial charge on any atom is -0.370 e. The molecule has 0 saturated carbocycles. The van der Waals surface area contributed by atoms with Crippen LogP contribution in [0.4, 0.5) is 0 Å². The molecule has 0 N–H and O–H groups in total. The topological polar surface area (TPSA) is 27.7 Å². The molecule has 1 aliphatic rings. The van der Waals surface area contributed by atoms with E-state index in [4.69, 9.17) is 14.0 Å². The Bertz CT molecular complexity index is 661. The highest BCUT2D eigenvalue weighted by Gasteiger charge is 2.46. The summed E-state index contributed by atoms with van der Waals surface area (Å²) < 4.78 is 19.2.